The molecule has 1 fully saturated rings. The summed E-state index contributed by atoms with van der Waals surface area (Å²) in [5, 5.41) is 29.6. The molecule has 0 aliphatic carbocycles. The van der Waals surface area contributed by atoms with Crippen molar-refractivity contribution >= 4 is 29.6 Å². The molecule has 4 aromatic rings. The van der Waals surface area contributed by atoms with Gasteiger partial charge in [0.05, 0.1) is 18.8 Å². The van der Waals surface area contributed by atoms with Crippen LogP contribution in [0.1, 0.15) is 48.2 Å². The Morgan fingerprint density at radius 3 is 2.23 bits per heavy atom. The lowest BCUT2D eigenvalue weighted by Gasteiger charge is -2.30. The van der Waals surface area contributed by atoms with Gasteiger partial charge >= 0.3 is 5.97 Å². The number of rotatable bonds is 5. The van der Waals surface area contributed by atoms with Gasteiger partial charge in [-0.2, -0.15) is 0 Å². The lowest BCUT2D eigenvalue weighted by atomic mass is 10.0. The summed E-state index contributed by atoms with van der Waals surface area (Å²) < 4.78 is 13.4. The minimum absolute atomic E-state index is 0.0344. The normalized spacial score (nSPS) is 21.7. The maximum atomic E-state index is 14.3. The van der Waals surface area contributed by atoms with E-state index in [-0.39, 0.29) is 31.9 Å². The Labute approximate surface area is 323 Å². The van der Waals surface area contributed by atoms with E-state index in [0.717, 1.165) is 5.56 Å². The molecule has 294 valence electrons. The van der Waals surface area contributed by atoms with Crippen molar-refractivity contribution in [2.75, 3.05) is 20.2 Å². The Morgan fingerprint density at radius 1 is 0.875 bits per heavy atom. The van der Waals surface area contributed by atoms with E-state index >= 15 is 0 Å². The van der Waals surface area contributed by atoms with Gasteiger partial charge in [-0.05, 0) is 67.8 Å². The standard InChI is InChI=1S/C40H46N8O8/c1-25(41-2)36(49)42-32-21-26-12-16-31(17-13-26)56-24-29-23-47(46-45-29)19-20-55-30-14-10-27(11-15-30)22-33(40(53)54)43-38(51)35(28-7-4-3-5-8-28)44-37(50)34-9-6-18-48(34)39(32)52/h3-5,7-8,10-17,23,25,32-35,41H,6,9,18-22,24H2,1-2H3,(H,42,49)(H,43,51)(H,44,50)(H,53,54)/t25-,32-,33-,34-,35-/m0/s1. The van der Waals surface area contributed by atoms with Gasteiger partial charge in [-0.25, -0.2) is 9.48 Å². The summed E-state index contributed by atoms with van der Waals surface area (Å²) in [6.07, 6.45) is 2.70. The topological polar surface area (TPSA) is 206 Å². The molecule has 16 heteroatoms. The van der Waals surface area contributed by atoms with Crippen LogP contribution in [0.15, 0.2) is 85.1 Å². The zero-order valence-corrected chi connectivity index (χ0v) is 31.2. The molecule has 16 nitrogen and oxygen atoms in total. The summed E-state index contributed by atoms with van der Waals surface area (Å²) in [5.41, 5.74) is 2.42. The highest BCUT2D eigenvalue weighted by Gasteiger charge is 2.40. The number of nitrogens with zero attached hydrogens (tertiary/aromatic N) is 4. The molecule has 3 aromatic carbocycles. The first-order valence-electron chi connectivity index (χ1n) is 18.6. The van der Waals surface area contributed by atoms with Crippen LogP contribution < -0.4 is 30.7 Å². The number of carbonyl (C=O) groups excluding carboxylic acids is 4. The summed E-state index contributed by atoms with van der Waals surface area (Å²) in [6.45, 7) is 2.81. The number of carbonyl (C=O) groups is 5. The number of ether oxygens (including phenoxy) is 2. The number of nitrogens with one attached hydrogen (secondary N) is 4. The Balaban J connectivity index is 1.29. The van der Waals surface area contributed by atoms with Crippen molar-refractivity contribution in [2.24, 2.45) is 0 Å². The second-order valence-electron chi connectivity index (χ2n) is 13.8. The molecule has 1 aromatic heterocycles. The number of carboxylic acids is 1. The molecule has 56 heavy (non-hydrogen) atoms. The lowest BCUT2D eigenvalue weighted by molar-refractivity contribution is -0.143. The van der Waals surface area contributed by atoms with E-state index in [1.54, 1.807) is 104 Å². The highest BCUT2D eigenvalue weighted by Crippen LogP contribution is 2.23. The fourth-order valence-corrected chi connectivity index (χ4v) is 6.61. The molecule has 9 rings (SSSR count). The first-order valence-corrected chi connectivity index (χ1v) is 18.6. The van der Waals surface area contributed by atoms with Crippen LogP contribution >= 0.6 is 0 Å². The highest BCUT2D eigenvalue weighted by atomic mass is 16.5. The van der Waals surface area contributed by atoms with Crippen molar-refractivity contribution in [3.8, 4) is 11.5 Å². The van der Waals surface area contributed by atoms with Crippen LogP contribution in [0.25, 0.3) is 0 Å². The van der Waals surface area contributed by atoms with E-state index in [1.807, 2.05) is 0 Å². The minimum Gasteiger partial charge on any atom is -0.492 e. The Bertz CT molecular complexity index is 1990. The fraction of sp³-hybridized carbons (Fsp3) is 0.375. The van der Waals surface area contributed by atoms with Gasteiger partial charge in [-0.1, -0.05) is 59.8 Å². The van der Waals surface area contributed by atoms with Gasteiger partial charge in [0.25, 0.3) is 0 Å². The summed E-state index contributed by atoms with van der Waals surface area (Å²) in [4.78, 5) is 69.2. The first kappa shape index (κ1) is 39.4. The Hall–Kier alpha value is -6.29. The molecule has 0 saturated carbocycles. The maximum absolute atomic E-state index is 14.3. The lowest BCUT2D eigenvalue weighted by Crippen LogP contribution is -2.57. The summed E-state index contributed by atoms with van der Waals surface area (Å²) in [6, 6.07) is 17.4. The number of aromatic nitrogens is 3. The third-order valence-electron chi connectivity index (χ3n) is 9.86. The molecule has 5 aliphatic rings. The smallest absolute Gasteiger partial charge is 0.326 e. The maximum Gasteiger partial charge on any atom is 0.326 e. The second kappa shape index (κ2) is 18.4. The molecule has 4 amide bonds. The number of hydrogen-bond donors (Lipinski definition) is 5. The average molecular weight is 767 g/mol. The molecule has 6 bridgehead atoms. The number of likely N-dealkylation sites (N-methyl/N-ethyl adjacent to an activating group) is 1. The molecular formula is C40H46N8O8. The van der Waals surface area contributed by atoms with Gasteiger partial charge in [0.2, 0.25) is 23.6 Å². The zero-order valence-electron chi connectivity index (χ0n) is 31.2. The summed E-state index contributed by atoms with van der Waals surface area (Å²) >= 11 is 0. The van der Waals surface area contributed by atoms with Gasteiger partial charge < -0.3 is 40.7 Å². The average Bonchev–Trinajstić information content (AvgIpc) is 3.89. The molecule has 0 unspecified atom stereocenters. The van der Waals surface area contributed by atoms with E-state index in [9.17, 15) is 29.1 Å². The van der Waals surface area contributed by atoms with Crippen LogP contribution in [-0.4, -0.2) is 99.0 Å². The largest absolute Gasteiger partial charge is 0.492 e. The molecule has 1 saturated heterocycles. The van der Waals surface area contributed by atoms with Gasteiger partial charge in [0.15, 0.2) is 0 Å². The van der Waals surface area contributed by atoms with Crippen molar-refractivity contribution in [1.29, 1.82) is 0 Å². The van der Waals surface area contributed by atoms with Crippen molar-refractivity contribution in [2.45, 2.75) is 76.0 Å². The van der Waals surface area contributed by atoms with Gasteiger partial charge in [-0.3, -0.25) is 19.2 Å². The van der Waals surface area contributed by atoms with Gasteiger partial charge in [-0.15, -0.1) is 5.10 Å². The first-order chi connectivity index (χ1) is 27.1. The molecule has 5 atom stereocenters. The molecule has 0 radical (unpaired) electrons. The van der Waals surface area contributed by atoms with Crippen LogP contribution in [-0.2, 0) is 50.0 Å². The molecule has 5 aliphatic heterocycles. The summed E-state index contributed by atoms with van der Waals surface area (Å²) in [5.74, 6) is -2.25. The van der Waals surface area contributed by atoms with E-state index in [0.29, 0.717) is 54.3 Å². The van der Waals surface area contributed by atoms with Gasteiger partial charge in [0.1, 0.15) is 54.6 Å². The molecular weight excluding hydrogens is 720 g/mol. The van der Waals surface area contributed by atoms with Crippen LogP contribution in [0.3, 0.4) is 0 Å². The SMILES string of the molecule is CN[C@@H](C)C(=O)N[C@H]1Cc2ccc(cc2)OCc2cn(nn2)CCOc2ccc(cc2)C[C@@H](C(=O)O)NC(=O)[C@H](c2ccccc2)NC(=O)[C@@H]2CCCN2C1=O. The third-order valence-corrected chi connectivity index (χ3v) is 9.86. The van der Waals surface area contributed by atoms with Crippen molar-refractivity contribution in [1.82, 2.24) is 41.2 Å². The number of hydrogen-bond acceptors (Lipinski definition) is 10. The molecule has 5 N–H and O–H groups in total. The fourth-order valence-electron chi connectivity index (χ4n) is 6.61. The number of carboxylic acid groups (broad SMARTS) is 1. The van der Waals surface area contributed by atoms with E-state index < -0.39 is 53.9 Å². The van der Waals surface area contributed by atoms with Crippen LogP contribution in [0.4, 0.5) is 0 Å². The van der Waals surface area contributed by atoms with Crippen molar-refractivity contribution in [3.05, 3.63) is 107 Å². The van der Waals surface area contributed by atoms with Crippen LogP contribution in [0.2, 0.25) is 0 Å². The Kier molecular flexibility index (Phi) is 12.9. The van der Waals surface area contributed by atoms with E-state index in [1.165, 1.54) is 4.90 Å². The van der Waals surface area contributed by atoms with E-state index in [4.69, 9.17) is 9.47 Å². The van der Waals surface area contributed by atoms with Crippen LogP contribution in [0, 0.1) is 0 Å². The minimum atomic E-state index is -1.32. The van der Waals surface area contributed by atoms with Crippen molar-refractivity contribution < 1.29 is 38.6 Å². The second-order valence-corrected chi connectivity index (χ2v) is 13.8. The quantitative estimate of drug-likeness (QED) is 0.197. The van der Waals surface area contributed by atoms with Gasteiger partial charge in [0, 0.05) is 19.4 Å². The number of aliphatic carboxylic acids is 1. The number of benzene rings is 3. The van der Waals surface area contributed by atoms with E-state index in [2.05, 4.69) is 31.6 Å². The highest BCUT2D eigenvalue weighted by molar-refractivity contribution is 5.96. The number of amides is 4. The molecule has 0 spiro atoms. The monoisotopic (exact) mass is 766 g/mol. The Morgan fingerprint density at radius 2 is 1.55 bits per heavy atom. The van der Waals surface area contributed by atoms with Crippen LogP contribution in [0.5, 0.6) is 11.5 Å². The predicted molar refractivity (Wildman–Crippen MR) is 202 cm³/mol. The molecule has 6 heterocycles. The zero-order chi connectivity index (χ0) is 39.6. The van der Waals surface area contributed by atoms with Crippen molar-refractivity contribution in [3.63, 3.8) is 0 Å². The summed E-state index contributed by atoms with van der Waals surface area (Å²) in [7, 11) is 1.64. The third kappa shape index (κ3) is 10.1. The predicted octanol–water partition coefficient (Wildman–Crippen LogP) is 1.55.